The lowest BCUT2D eigenvalue weighted by Crippen LogP contribution is -2.00. The quantitative estimate of drug-likeness (QED) is 0.645. The lowest BCUT2D eigenvalue weighted by atomic mass is 10.1. The fraction of sp³-hybridized carbons (Fsp3) is 0.385. The Labute approximate surface area is 86.4 Å². The van der Waals surface area contributed by atoms with Crippen molar-refractivity contribution in [2.75, 3.05) is 6.61 Å². The van der Waals surface area contributed by atoms with E-state index in [0.29, 0.717) is 6.61 Å². The van der Waals surface area contributed by atoms with Crippen molar-refractivity contribution in [1.29, 1.82) is 0 Å². The zero-order valence-corrected chi connectivity index (χ0v) is 9.05. The number of benzene rings is 1. The fourth-order valence-corrected chi connectivity index (χ4v) is 1.32. The minimum atomic E-state index is 0.612. The molecule has 0 N–H and O–H groups in total. The molecule has 0 saturated heterocycles. The second-order valence-electron chi connectivity index (χ2n) is 3.60. The van der Waals surface area contributed by atoms with Crippen LogP contribution in [0.25, 0.3) is 0 Å². The molecule has 0 unspecified atom stereocenters. The zero-order valence-electron chi connectivity index (χ0n) is 9.05. The van der Waals surface area contributed by atoms with Gasteiger partial charge in [-0.15, -0.1) is 0 Å². The van der Waals surface area contributed by atoms with Crippen molar-refractivity contribution in [3.05, 3.63) is 42.0 Å². The van der Waals surface area contributed by atoms with Crippen LogP contribution in [-0.2, 0) is 6.42 Å². The Kier molecular flexibility index (Phi) is 4.24. The molecule has 0 fully saturated rings. The van der Waals surface area contributed by atoms with Crippen molar-refractivity contribution in [2.24, 2.45) is 0 Å². The van der Waals surface area contributed by atoms with E-state index in [0.717, 1.165) is 24.2 Å². The van der Waals surface area contributed by atoms with E-state index < -0.39 is 0 Å². The summed E-state index contributed by atoms with van der Waals surface area (Å²) in [5.41, 5.74) is 2.34. The summed E-state index contributed by atoms with van der Waals surface area (Å²) in [6, 6.07) is 8.21. The molecule has 1 aromatic rings. The predicted molar refractivity (Wildman–Crippen MR) is 60.7 cm³/mol. The van der Waals surface area contributed by atoms with Crippen molar-refractivity contribution in [1.82, 2.24) is 0 Å². The summed E-state index contributed by atoms with van der Waals surface area (Å²) in [5, 5.41) is 0. The molecule has 0 amide bonds. The van der Waals surface area contributed by atoms with Crippen molar-refractivity contribution >= 4 is 0 Å². The van der Waals surface area contributed by atoms with E-state index in [2.05, 4.69) is 25.6 Å². The summed E-state index contributed by atoms with van der Waals surface area (Å²) in [6.07, 6.45) is 2.22. The minimum Gasteiger partial charge on any atom is -0.489 e. The lowest BCUT2D eigenvalue weighted by Gasteiger charge is -2.10. The summed E-state index contributed by atoms with van der Waals surface area (Å²) in [5.74, 6) is 0.998. The molecule has 0 aromatic heterocycles. The van der Waals surface area contributed by atoms with Crippen LogP contribution in [0.1, 0.15) is 25.8 Å². The number of hydrogen-bond acceptors (Lipinski definition) is 1. The van der Waals surface area contributed by atoms with Crippen LogP contribution in [0.5, 0.6) is 5.75 Å². The Morgan fingerprint density at radius 1 is 1.36 bits per heavy atom. The normalized spacial score (nSPS) is 9.86. The van der Waals surface area contributed by atoms with Crippen LogP contribution < -0.4 is 4.74 Å². The third-order valence-electron chi connectivity index (χ3n) is 1.97. The Morgan fingerprint density at radius 3 is 2.71 bits per heavy atom. The van der Waals surface area contributed by atoms with Crippen molar-refractivity contribution in [3.63, 3.8) is 0 Å². The van der Waals surface area contributed by atoms with Crippen LogP contribution in [-0.4, -0.2) is 6.61 Å². The highest BCUT2D eigenvalue weighted by atomic mass is 16.5. The highest BCUT2D eigenvalue weighted by Crippen LogP contribution is 2.19. The first kappa shape index (κ1) is 10.8. The molecule has 0 heterocycles. The molecule has 0 aliphatic heterocycles. The summed E-state index contributed by atoms with van der Waals surface area (Å²) in [6.45, 7) is 8.58. The Balaban J connectivity index is 2.68. The van der Waals surface area contributed by atoms with Crippen LogP contribution in [0.2, 0.25) is 0 Å². The molecule has 1 heteroatoms. The van der Waals surface area contributed by atoms with Gasteiger partial charge in [-0.05, 0) is 30.5 Å². The van der Waals surface area contributed by atoms with Crippen LogP contribution in [0.3, 0.4) is 0 Å². The smallest absolute Gasteiger partial charge is 0.122 e. The number of ether oxygens (including phenoxy) is 1. The maximum atomic E-state index is 5.65. The van der Waals surface area contributed by atoms with E-state index in [-0.39, 0.29) is 0 Å². The van der Waals surface area contributed by atoms with Gasteiger partial charge in [0.2, 0.25) is 0 Å². The van der Waals surface area contributed by atoms with Gasteiger partial charge in [-0.3, -0.25) is 0 Å². The Bertz CT molecular complexity index is 302. The number of hydrogen-bond donors (Lipinski definition) is 0. The van der Waals surface area contributed by atoms with Crippen LogP contribution >= 0.6 is 0 Å². The van der Waals surface area contributed by atoms with Gasteiger partial charge in [-0.2, -0.15) is 0 Å². The molecule has 0 bridgehead atoms. The lowest BCUT2D eigenvalue weighted by molar-refractivity contribution is 0.348. The van der Waals surface area contributed by atoms with Gasteiger partial charge in [0.15, 0.2) is 0 Å². The second kappa shape index (κ2) is 5.48. The Hall–Kier alpha value is -1.24. The fourth-order valence-electron chi connectivity index (χ4n) is 1.32. The molecular formula is C13H18O. The molecular weight excluding hydrogens is 172 g/mol. The van der Waals surface area contributed by atoms with E-state index in [9.17, 15) is 0 Å². The third kappa shape index (κ3) is 3.25. The number of rotatable bonds is 5. The summed E-state index contributed by atoms with van der Waals surface area (Å²) < 4.78 is 5.65. The van der Waals surface area contributed by atoms with Gasteiger partial charge in [-0.25, -0.2) is 0 Å². The summed E-state index contributed by atoms with van der Waals surface area (Å²) in [7, 11) is 0. The maximum absolute atomic E-state index is 5.65. The third-order valence-corrected chi connectivity index (χ3v) is 1.97. The van der Waals surface area contributed by atoms with Crippen molar-refractivity contribution in [3.8, 4) is 5.75 Å². The van der Waals surface area contributed by atoms with Gasteiger partial charge in [0, 0.05) is 0 Å². The largest absolute Gasteiger partial charge is 0.489 e. The van der Waals surface area contributed by atoms with Gasteiger partial charge in [0.05, 0.1) is 0 Å². The van der Waals surface area contributed by atoms with E-state index in [1.807, 2.05) is 19.1 Å². The van der Waals surface area contributed by atoms with Crippen molar-refractivity contribution < 1.29 is 4.74 Å². The molecule has 0 saturated carbocycles. The van der Waals surface area contributed by atoms with E-state index in [4.69, 9.17) is 4.74 Å². The monoisotopic (exact) mass is 190 g/mol. The van der Waals surface area contributed by atoms with E-state index in [1.54, 1.807) is 0 Å². The van der Waals surface area contributed by atoms with Gasteiger partial charge in [0.25, 0.3) is 0 Å². The SMILES string of the molecule is C=C(C)COc1ccccc1CCC. The second-order valence-corrected chi connectivity index (χ2v) is 3.60. The maximum Gasteiger partial charge on any atom is 0.122 e. The highest BCUT2D eigenvalue weighted by molar-refractivity contribution is 5.33. The molecule has 0 spiro atoms. The molecule has 0 aliphatic rings. The van der Waals surface area contributed by atoms with Gasteiger partial charge >= 0.3 is 0 Å². The molecule has 0 aliphatic carbocycles. The van der Waals surface area contributed by atoms with Gasteiger partial charge in [0.1, 0.15) is 12.4 Å². The average molecular weight is 190 g/mol. The van der Waals surface area contributed by atoms with Crippen molar-refractivity contribution in [2.45, 2.75) is 26.7 Å². The first-order valence-corrected chi connectivity index (χ1v) is 5.09. The summed E-state index contributed by atoms with van der Waals surface area (Å²) >= 11 is 0. The van der Waals surface area contributed by atoms with Gasteiger partial charge < -0.3 is 4.74 Å². The highest BCUT2D eigenvalue weighted by Gasteiger charge is 2.00. The molecule has 1 nitrogen and oxygen atoms in total. The van der Waals surface area contributed by atoms with E-state index >= 15 is 0 Å². The zero-order chi connectivity index (χ0) is 10.4. The minimum absolute atomic E-state index is 0.612. The molecule has 14 heavy (non-hydrogen) atoms. The molecule has 0 atom stereocenters. The first-order valence-electron chi connectivity index (χ1n) is 5.09. The predicted octanol–water partition coefficient (Wildman–Crippen LogP) is 3.59. The molecule has 1 rings (SSSR count). The first-order chi connectivity index (χ1) is 6.74. The summed E-state index contributed by atoms with van der Waals surface area (Å²) in [4.78, 5) is 0. The Morgan fingerprint density at radius 2 is 2.07 bits per heavy atom. The van der Waals surface area contributed by atoms with Crippen LogP contribution in [0.4, 0.5) is 0 Å². The van der Waals surface area contributed by atoms with Crippen LogP contribution in [0.15, 0.2) is 36.4 Å². The average Bonchev–Trinajstić information content (AvgIpc) is 2.17. The molecule has 0 radical (unpaired) electrons. The molecule has 1 aromatic carbocycles. The molecule has 76 valence electrons. The standard InChI is InChI=1S/C13H18O/c1-4-7-12-8-5-6-9-13(12)14-10-11(2)3/h5-6,8-9H,2,4,7,10H2,1,3H3. The van der Waals surface area contributed by atoms with Crippen LogP contribution in [0, 0.1) is 0 Å². The number of aryl methyl sites for hydroxylation is 1. The topological polar surface area (TPSA) is 9.23 Å². The van der Waals surface area contributed by atoms with Gasteiger partial charge in [-0.1, -0.05) is 38.1 Å². The van der Waals surface area contributed by atoms with E-state index in [1.165, 1.54) is 5.56 Å². The number of para-hydroxylation sites is 1.